The number of pyridine rings is 1. The number of ether oxygens (including phenoxy) is 1. The number of aromatic nitrogens is 1. The summed E-state index contributed by atoms with van der Waals surface area (Å²) in [6.45, 7) is 8.92. The number of carbonyl (C=O) groups is 2. The molecule has 1 heterocycles. The Morgan fingerprint density at radius 3 is 2.47 bits per heavy atom. The molecular formula is C14H18N2O3. The van der Waals surface area contributed by atoms with Gasteiger partial charge in [-0.1, -0.05) is 6.58 Å². The largest absolute Gasteiger partial charge is 0.456 e. The normalized spacial score (nSPS) is 10.7. The zero-order chi connectivity index (χ0) is 14.6. The number of hydrogen-bond acceptors (Lipinski definition) is 4. The summed E-state index contributed by atoms with van der Waals surface area (Å²) < 4.78 is 5.26. The van der Waals surface area contributed by atoms with E-state index in [1.54, 1.807) is 20.8 Å². The molecule has 1 aromatic rings. The van der Waals surface area contributed by atoms with E-state index >= 15 is 0 Å². The minimum Gasteiger partial charge on any atom is -0.456 e. The van der Waals surface area contributed by atoms with Crippen LogP contribution in [0, 0.1) is 0 Å². The fourth-order valence-corrected chi connectivity index (χ4v) is 1.36. The molecule has 1 aromatic heterocycles. The Bertz CT molecular complexity index is 516. The Balaban J connectivity index is 3.17. The first-order valence-corrected chi connectivity index (χ1v) is 5.87. The molecular weight excluding hydrogens is 244 g/mol. The van der Waals surface area contributed by atoms with Crippen LogP contribution in [0.25, 0.3) is 6.08 Å². The van der Waals surface area contributed by atoms with Gasteiger partial charge in [-0.2, -0.15) is 0 Å². The van der Waals surface area contributed by atoms with E-state index in [0.717, 1.165) is 0 Å². The van der Waals surface area contributed by atoms with Gasteiger partial charge in [0.25, 0.3) is 5.91 Å². The van der Waals surface area contributed by atoms with Gasteiger partial charge in [0.05, 0.1) is 11.3 Å². The molecule has 1 N–H and O–H groups in total. The molecule has 19 heavy (non-hydrogen) atoms. The Morgan fingerprint density at radius 2 is 2.00 bits per heavy atom. The van der Waals surface area contributed by atoms with Crippen LogP contribution in [0.1, 0.15) is 47.3 Å². The Kier molecular flexibility index (Phi) is 4.43. The summed E-state index contributed by atoms with van der Waals surface area (Å²) in [4.78, 5) is 27.6. The second-order valence-corrected chi connectivity index (χ2v) is 4.95. The number of amides is 1. The van der Waals surface area contributed by atoms with Gasteiger partial charge in [0.2, 0.25) is 0 Å². The van der Waals surface area contributed by atoms with Crippen LogP contribution in [-0.2, 0) is 4.74 Å². The van der Waals surface area contributed by atoms with Crippen LogP contribution in [0.3, 0.4) is 0 Å². The van der Waals surface area contributed by atoms with Crippen molar-refractivity contribution in [3.63, 3.8) is 0 Å². The number of esters is 1. The first kappa shape index (κ1) is 14.9. The van der Waals surface area contributed by atoms with Crippen LogP contribution in [-0.4, -0.2) is 29.5 Å². The highest BCUT2D eigenvalue weighted by atomic mass is 16.6. The molecule has 1 rings (SSSR count). The molecule has 0 aliphatic heterocycles. The average molecular weight is 262 g/mol. The highest BCUT2D eigenvalue weighted by Gasteiger charge is 2.20. The van der Waals surface area contributed by atoms with Crippen molar-refractivity contribution in [1.29, 1.82) is 0 Å². The van der Waals surface area contributed by atoms with Crippen molar-refractivity contribution in [1.82, 2.24) is 10.3 Å². The highest BCUT2D eigenvalue weighted by molar-refractivity contribution is 5.96. The highest BCUT2D eigenvalue weighted by Crippen LogP contribution is 2.14. The number of nitrogens with zero attached hydrogens (tertiary/aromatic N) is 1. The number of hydrogen-bond donors (Lipinski definition) is 1. The third-order valence-electron chi connectivity index (χ3n) is 2.15. The van der Waals surface area contributed by atoms with Gasteiger partial charge < -0.3 is 10.1 Å². The zero-order valence-electron chi connectivity index (χ0n) is 11.6. The summed E-state index contributed by atoms with van der Waals surface area (Å²) in [5.41, 5.74) is 0.281. The van der Waals surface area contributed by atoms with E-state index < -0.39 is 11.6 Å². The molecule has 0 saturated carbocycles. The second-order valence-electron chi connectivity index (χ2n) is 4.95. The van der Waals surface area contributed by atoms with Crippen molar-refractivity contribution in [2.24, 2.45) is 0 Å². The third-order valence-corrected chi connectivity index (χ3v) is 2.15. The maximum atomic E-state index is 12.0. The van der Waals surface area contributed by atoms with Crippen molar-refractivity contribution >= 4 is 18.0 Å². The van der Waals surface area contributed by atoms with Gasteiger partial charge in [0, 0.05) is 7.05 Å². The molecule has 1 amide bonds. The van der Waals surface area contributed by atoms with E-state index in [2.05, 4.69) is 16.9 Å². The summed E-state index contributed by atoms with van der Waals surface area (Å²) in [6, 6.07) is 2.94. The quantitative estimate of drug-likeness (QED) is 0.846. The number of carbonyl (C=O) groups excluding carboxylic acids is 2. The standard InChI is InChI=1S/C14H18N2O3/c1-6-10-7-9(13(18)19-14(2,3)4)8-11(16-10)12(17)15-5/h6-8H,1H2,2-5H3,(H,15,17). The first-order chi connectivity index (χ1) is 8.76. The second kappa shape index (κ2) is 5.65. The molecule has 5 nitrogen and oxygen atoms in total. The van der Waals surface area contributed by atoms with Crippen LogP contribution in [0.5, 0.6) is 0 Å². The van der Waals surface area contributed by atoms with Crippen molar-refractivity contribution in [3.8, 4) is 0 Å². The van der Waals surface area contributed by atoms with Gasteiger partial charge >= 0.3 is 5.97 Å². The van der Waals surface area contributed by atoms with E-state index in [1.165, 1.54) is 25.3 Å². The predicted octanol–water partition coefficient (Wildman–Crippen LogP) is 2.04. The van der Waals surface area contributed by atoms with Crippen molar-refractivity contribution in [2.45, 2.75) is 26.4 Å². The summed E-state index contributed by atoms with van der Waals surface area (Å²) in [6.07, 6.45) is 1.47. The molecule has 5 heteroatoms. The summed E-state index contributed by atoms with van der Waals surface area (Å²) in [5, 5.41) is 2.46. The molecule has 0 atom stereocenters. The molecule has 0 bridgehead atoms. The SMILES string of the molecule is C=Cc1cc(C(=O)OC(C)(C)C)cc(C(=O)NC)n1. The minimum atomic E-state index is -0.595. The number of rotatable bonds is 3. The molecule has 0 unspecified atom stereocenters. The lowest BCUT2D eigenvalue weighted by molar-refractivity contribution is 0.00693. The lowest BCUT2D eigenvalue weighted by Gasteiger charge is -2.19. The van der Waals surface area contributed by atoms with Gasteiger partial charge in [-0.05, 0) is 39.0 Å². The number of nitrogens with one attached hydrogen (secondary N) is 1. The van der Waals surface area contributed by atoms with Gasteiger partial charge in [0.15, 0.2) is 0 Å². The molecule has 0 aliphatic carbocycles. The van der Waals surface area contributed by atoms with Gasteiger partial charge in [0.1, 0.15) is 11.3 Å². The lowest BCUT2D eigenvalue weighted by Crippen LogP contribution is -2.25. The molecule has 0 radical (unpaired) electrons. The lowest BCUT2D eigenvalue weighted by atomic mass is 10.1. The molecule has 0 aromatic carbocycles. The van der Waals surface area contributed by atoms with Gasteiger partial charge in [-0.15, -0.1) is 0 Å². The molecule has 0 aliphatic rings. The molecule has 0 saturated heterocycles. The smallest absolute Gasteiger partial charge is 0.338 e. The average Bonchev–Trinajstić information content (AvgIpc) is 2.35. The fourth-order valence-electron chi connectivity index (χ4n) is 1.36. The molecule has 0 spiro atoms. The summed E-state index contributed by atoms with van der Waals surface area (Å²) >= 11 is 0. The Labute approximate surface area is 112 Å². The van der Waals surface area contributed by atoms with Crippen molar-refractivity contribution in [3.05, 3.63) is 35.7 Å². The third kappa shape index (κ3) is 4.21. The van der Waals surface area contributed by atoms with Crippen molar-refractivity contribution in [2.75, 3.05) is 7.05 Å². The van der Waals surface area contributed by atoms with E-state index in [9.17, 15) is 9.59 Å². The molecule has 0 fully saturated rings. The molecule has 102 valence electrons. The summed E-state index contributed by atoms with van der Waals surface area (Å²) in [5.74, 6) is -0.864. The fraction of sp³-hybridized carbons (Fsp3) is 0.357. The summed E-state index contributed by atoms with van der Waals surface area (Å²) in [7, 11) is 1.50. The van der Waals surface area contributed by atoms with Crippen LogP contribution >= 0.6 is 0 Å². The predicted molar refractivity (Wildman–Crippen MR) is 72.9 cm³/mol. The first-order valence-electron chi connectivity index (χ1n) is 5.87. The van der Waals surface area contributed by atoms with E-state index in [4.69, 9.17) is 4.74 Å². The van der Waals surface area contributed by atoms with Crippen LogP contribution in [0.15, 0.2) is 18.7 Å². The van der Waals surface area contributed by atoms with Crippen LogP contribution in [0.4, 0.5) is 0 Å². The van der Waals surface area contributed by atoms with E-state index in [-0.39, 0.29) is 17.2 Å². The monoisotopic (exact) mass is 262 g/mol. The topological polar surface area (TPSA) is 68.3 Å². The minimum absolute atomic E-state index is 0.153. The van der Waals surface area contributed by atoms with E-state index in [0.29, 0.717) is 5.69 Å². The Hall–Kier alpha value is -2.17. The maximum Gasteiger partial charge on any atom is 0.338 e. The van der Waals surface area contributed by atoms with Gasteiger partial charge in [-0.3, -0.25) is 4.79 Å². The van der Waals surface area contributed by atoms with Gasteiger partial charge in [-0.25, -0.2) is 9.78 Å². The maximum absolute atomic E-state index is 12.0. The zero-order valence-corrected chi connectivity index (χ0v) is 11.6. The van der Waals surface area contributed by atoms with Crippen LogP contribution < -0.4 is 5.32 Å². The van der Waals surface area contributed by atoms with Crippen LogP contribution in [0.2, 0.25) is 0 Å². The Morgan fingerprint density at radius 1 is 1.37 bits per heavy atom. The van der Waals surface area contributed by atoms with E-state index in [1.807, 2.05) is 0 Å². The van der Waals surface area contributed by atoms with Crippen molar-refractivity contribution < 1.29 is 14.3 Å².